The van der Waals surface area contributed by atoms with Gasteiger partial charge in [-0.1, -0.05) is 0 Å². The van der Waals surface area contributed by atoms with Crippen LogP contribution in [0.15, 0.2) is 41.9 Å². The minimum Gasteiger partial charge on any atom is -0.467 e. The standard InChI is InChI=1S/C15H18N6O/c1-22-15-20-9-12(10-21-15)13(8-16)14(17)19-7-4-11-2-5-18-6-3-11/h2-3,5-6,8-10,13,16H,4,7H2,1H3,(H2,17,19). The van der Waals surface area contributed by atoms with Crippen molar-refractivity contribution in [3.63, 3.8) is 0 Å². The Labute approximate surface area is 128 Å². The van der Waals surface area contributed by atoms with Gasteiger partial charge < -0.3 is 15.9 Å². The summed E-state index contributed by atoms with van der Waals surface area (Å²) in [6, 6.07) is 4.16. The Balaban J connectivity index is 2.02. The summed E-state index contributed by atoms with van der Waals surface area (Å²) >= 11 is 0. The highest BCUT2D eigenvalue weighted by atomic mass is 16.5. The van der Waals surface area contributed by atoms with Crippen molar-refractivity contribution < 1.29 is 4.74 Å². The van der Waals surface area contributed by atoms with Gasteiger partial charge in [0.15, 0.2) is 0 Å². The number of hydrogen-bond donors (Lipinski definition) is 2. The minimum absolute atomic E-state index is 0.278. The molecule has 3 N–H and O–H groups in total. The van der Waals surface area contributed by atoms with E-state index in [1.165, 1.54) is 13.3 Å². The van der Waals surface area contributed by atoms with E-state index in [0.29, 0.717) is 17.9 Å². The molecule has 2 aromatic rings. The molecule has 0 aliphatic carbocycles. The Kier molecular flexibility index (Phi) is 5.53. The zero-order chi connectivity index (χ0) is 15.8. The van der Waals surface area contributed by atoms with Gasteiger partial charge in [0.25, 0.3) is 0 Å². The zero-order valence-corrected chi connectivity index (χ0v) is 12.3. The fourth-order valence-electron chi connectivity index (χ4n) is 1.91. The van der Waals surface area contributed by atoms with Crippen LogP contribution in [0.3, 0.4) is 0 Å². The van der Waals surface area contributed by atoms with E-state index in [9.17, 15) is 0 Å². The molecule has 0 saturated heterocycles. The van der Waals surface area contributed by atoms with Crippen LogP contribution in [0.1, 0.15) is 17.0 Å². The molecule has 2 rings (SSSR count). The number of pyridine rings is 1. The van der Waals surface area contributed by atoms with Gasteiger partial charge in [0.1, 0.15) is 5.84 Å². The second-order valence-electron chi connectivity index (χ2n) is 4.56. The SMILES string of the molecule is COc1ncc(C(C=N)C(N)=NCCc2ccncc2)cn1. The van der Waals surface area contributed by atoms with Gasteiger partial charge in [-0.15, -0.1) is 0 Å². The van der Waals surface area contributed by atoms with E-state index in [-0.39, 0.29) is 6.01 Å². The fraction of sp³-hybridized carbons (Fsp3) is 0.267. The highest BCUT2D eigenvalue weighted by Crippen LogP contribution is 2.13. The van der Waals surface area contributed by atoms with Crippen molar-refractivity contribution in [3.8, 4) is 6.01 Å². The molecule has 0 saturated carbocycles. The lowest BCUT2D eigenvalue weighted by Crippen LogP contribution is -2.24. The maximum atomic E-state index is 7.55. The number of nitrogens with two attached hydrogens (primary N) is 1. The molecule has 0 fully saturated rings. The van der Waals surface area contributed by atoms with Crippen LogP contribution >= 0.6 is 0 Å². The van der Waals surface area contributed by atoms with Crippen LogP contribution in [0.5, 0.6) is 6.01 Å². The summed E-state index contributed by atoms with van der Waals surface area (Å²) in [7, 11) is 1.50. The number of hydrogen-bond acceptors (Lipinski definition) is 6. The molecule has 0 aromatic carbocycles. The number of ether oxygens (including phenoxy) is 1. The maximum absolute atomic E-state index is 7.55. The summed E-state index contributed by atoms with van der Waals surface area (Å²) in [6.07, 6.45) is 8.68. The van der Waals surface area contributed by atoms with E-state index in [1.54, 1.807) is 24.8 Å². The molecule has 0 bridgehead atoms. The molecule has 22 heavy (non-hydrogen) atoms. The molecule has 2 heterocycles. The average Bonchev–Trinajstić information content (AvgIpc) is 2.57. The third kappa shape index (κ3) is 4.08. The molecule has 1 atom stereocenters. The zero-order valence-electron chi connectivity index (χ0n) is 12.3. The minimum atomic E-state index is -0.427. The van der Waals surface area contributed by atoms with Gasteiger partial charge in [-0.05, 0) is 24.1 Å². The number of amidine groups is 1. The molecule has 7 heteroatoms. The predicted octanol–water partition coefficient (Wildman–Crippen LogP) is 1.21. The lowest BCUT2D eigenvalue weighted by atomic mass is 10.0. The van der Waals surface area contributed by atoms with Crippen molar-refractivity contribution in [2.75, 3.05) is 13.7 Å². The van der Waals surface area contributed by atoms with Gasteiger partial charge in [-0.2, -0.15) is 0 Å². The van der Waals surface area contributed by atoms with E-state index >= 15 is 0 Å². The van der Waals surface area contributed by atoms with Gasteiger partial charge in [0, 0.05) is 43.1 Å². The van der Waals surface area contributed by atoms with Crippen LogP contribution in [0.4, 0.5) is 0 Å². The van der Waals surface area contributed by atoms with Crippen LogP contribution in [0.25, 0.3) is 0 Å². The molecule has 2 aromatic heterocycles. The number of rotatable bonds is 7. The normalized spacial score (nSPS) is 12.7. The molecule has 0 amide bonds. The number of nitrogens with one attached hydrogen (secondary N) is 1. The van der Waals surface area contributed by atoms with Gasteiger partial charge >= 0.3 is 6.01 Å². The fourth-order valence-corrected chi connectivity index (χ4v) is 1.91. The second-order valence-corrected chi connectivity index (χ2v) is 4.56. The largest absolute Gasteiger partial charge is 0.467 e. The Morgan fingerprint density at radius 1 is 1.36 bits per heavy atom. The molecule has 114 valence electrons. The predicted molar refractivity (Wildman–Crippen MR) is 84.5 cm³/mol. The number of aromatic nitrogens is 3. The Hall–Kier alpha value is -2.83. The molecule has 0 aliphatic heterocycles. The summed E-state index contributed by atoms with van der Waals surface area (Å²) in [5, 5.41) is 7.55. The van der Waals surface area contributed by atoms with Crippen molar-refractivity contribution in [3.05, 3.63) is 48.0 Å². The Bertz CT molecular complexity index is 626. The summed E-state index contributed by atoms with van der Waals surface area (Å²) in [5.41, 5.74) is 7.85. The van der Waals surface area contributed by atoms with Crippen LogP contribution in [-0.2, 0) is 6.42 Å². The molecule has 0 spiro atoms. The van der Waals surface area contributed by atoms with Crippen molar-refractivity contribution in [2.45, 2.75) is 12.3 Å². The average molecular weight is 298 g/mol. The first-order chi connectivity index (χ1) is 10.7. The smallest absolute Gasteiger partial charge is 0.316 e. The first-order valence-corrected chi connectivity index (χ1v) is 6.80. The monoisotopic (exact) mass is 298 g/mol. The van der Waals surface area contributed by atoms with Gasteiger partial charge in [-0.25, -0.2) is 9.97 Å². The van der Waals surface area contributed by atoms with Gasteiger partial charge in [0.2, 0.25) is 0 Å². The third-order valence-corrected chi connectivity index (χ3v) is 3.12. The van der Waals surface area contributed by atoms with Crippen molar-refractivity contribution in [1.82, 2.24) is 15.0 Å². The van der Waals surface area contributed by atoms with E-state index in [0.717, 1.165) is 12.0 Å². The number of nitrogens with zero attached hydrogens (tertiary/aromatic N) is 4. The third-order valence-electron chi connectivity index (χ3n) is 3.12. The number of aliphatic imine (C=N–C) groups is 1. The van der Waals surface area contributed by atoms with Gasteiger partial charge in [0.05, 0.1) is 13.0 Å². The summed E-state index contributed by atoms with van der Waals surface area (Å²) in [5.74, 6) is -0.0545. The Morgan fingerprint density at radius 2 is 2.05 bits per heavy atom. The maximum Gasteiger partial charge on any atom is 0.316 e. The molecule has 1 unspecified atom stereocenters. The molecule has 7 nitrogen and oxygen atoms in total. The molecular formula is C15H18N6O. The highest BCUT2D eigenvalue weighted by molar-refractivity contribution is 6.00. The van der Waals surface area contributed by atoms with Crippen LogP contribution in [0.2, 0.25) is 0 Å². The molecule has 0 aliphatic rings. The van der Waals surface area contributed by atoms with Crippen molar-refractivity contribution in [2.24, 2.45) is 10.7 Å². The van der Waals surface area contributed by atoms with E-state index in [4.69, 9.17) is 15.9 Å². The van der Waals surface area contributed by atoms with Crippen LogP contribution < -0.4 is 10.5 Å². The van der Waals surface area contributed by atoms with E-state index in [1.807, 2.05) is 12.1 Å². The molecule has 0 radical (unpaired) electrons. The van der Waals surface area contributed by atoms with Crippen molar-refractivity contribution in [1.29, 1.82) is 5.41 Å². The highest BCUT2D eigenvalue weighted by Gasteiger charge is 2.14. The van der Waals surface area contributed by atoms with E-state index < -0.39 is 5.92 Å². The van der Waals surface area contributed by atoms with Crippen LogP contribution in [-0.4, -0.2) is 40.7 Å². The summed E-state index contributed by atoms with van der Waals surface area (Å²) < 4.78 is 4.91. The van der Waals surface area contributed by atoms with E-state index in [2.05, 4.69) is 19.9 Å². The first-order valence-electron chi connectivity index (χ1n) is 6.80. The van der Waals surface area contributed by atoms with Crippen molar-refractivity contribution >= 4 is 12.1 Å². The topological polar surface area (TPSA) is 110 Å². The quantitative estimate of drug-likeness (QED) is 0.589. The second kappa shape index (κ2) is 7.82. The summed E-state index contributed by atoms with van der Waals surface area (Å²) in [4.78, 5) is 16.4. The Morgan fingerprint density at radius 3 is 2.64 bits per heavy atom. The van der Waals surface area contributed by atoms with Gasteiger partial charge in [-0.3, -0.25) is 9.98 Å². The van der Waals surface area contributed by atoms with Crippen LogP contribution in [0, 0.1) is 5.41 Å². The number of methoxy groups -OCH3 is 1. The summed E-state index contributed by atoms with van der Waals surface area (Å²) in [6.45, 7) is 0.553. The lowest BCUT2D eigenvalue weighted by molar-refractivity contribution is 0.379. The molecular weight excluding hydrogens is 280 g/mol. The lowest BCUT2D eigenvalue weighted by Gasteiger charge is -2.11. The first kappa shape index (κ1) is 15.6.